The second kappa shape index (κ2) is 6.47. The van der Waals surface area contributed by atoms with Crippen molar-refractivity contribution in [3.05, 3.63) is 40.9 Å². The van der Waals surface area contributed by atoms with Gasteiger partial charge < -0.3 is 10.2 Å². The van der Waals surface area contributed by atoms with Gasteiger partial charge in [-0.2, -0.15) is 0 Å². The predicted molar refractivity (Wildman–Crippen MR) is 80.2 cm³/mol. The maximum Gasteiger partial charge on any atom is 0.148 e. The van der Waals surface area contributed by atoms with E-state index in [0.717, 1.165) is 28.3 Å². The number of pyridine rings is 1. The summed E-state index contributed by atoms with van der Waals surface area (Å²) in [4.78, 5) is 14.9. The van der Waals surface area contributed by atoms with Gasteiger partial charge >= 0.3 is 0 Å². The van der Waals surface area contributed by atoms with E-state index in [1.165, 1.54) is 0 Å². The fraction of sp³-hybridized carbons (Fsp3) is 0.308. The summed E-state index contributed by atoms with van der Waals surface area (Å²) in [7, 11) is 1.98. The second-order valence-corrected chi connectivity index (χ2v) is 4.86. The van der Waals surface area contributed by atoms with Crippen LogP contribution in [0.25, 0.3) is 0 Å². The van der Waals surface area contributed by atoms with Crippen LogP contribution in [0.1, 0.15) is 12.6 Å². The lowest BCUT2D eigenvalue weighted by Crippen LogP contribution is -2.19. The van der Waals surface area contributed by atoms with Crippen LogP contribution in [0.2, 0.25) is 0 Å². The summed E-state index contributed by atoms with van der Waals surface area (Å²) in [5.74, 6) is 1.65. The first-order chi connectivity index (χ1) is 9.22. The molecular formula is C13H16BrN5. The van der Waals surface area contributed by atoms with Gasteiger partial charge in [0.1, 0.15) is 22.4 Å². The fourth-order valence-electron chi connectivity index (χ4n) is 1.73. The van der Waals surface area contributed by atoms with Gasteiger partial charge in [-0.15, -0.1) is 0 Å². The molecule has 0 radical (unpaired) electrons. The van der Waals surface area contributed by atoms with Crippen molar-refractivity contribution in [1.29, 1.82) is 0 Å². The molecule has 6 heteroatoms. The van der Waals surface area contributed by atoms with Crippen LogP contribution >= 0.6 is 15.9 Å². The molecule has 0 aliphatic carbocycles. The highest BCUT2D eigenvalue weighted by Gasteiger charge is 2.12. The molecule has 2 aromatic heterocycles. The quantitative estimate of drug-likeness (QED) is 0.917. The summed E-state index contributed by atoms with van der Waals surface area (Å²) in [6.45, 7) is 3.55. The smallest absolute Gasteiger partial charge is 0.148 e. The van der Waals surface area contributed by atoms with Gasteiger partial charge in [0.2, 0.25) is 0 Å². The Morgan fingerprint density at radius 2 is 2.11 bits per heavy atom. The lowest BCUT2D eigenvalue weighted by molar-refractivity contribution is 0.857. The topological polar surface area (TPSA) is 53.9 Å². The minimum atomic E-state index is 0.696. The summed E-state index contributed by atoms with van der Waals surface area (Å²) in [6.07, 6.45) is 3.36. The van der Waals surface area contributed by atoms with E-state index in [1.54, 1.807) is 12.5 Å². The van der Waals surface area contributed by atoms with Gasteiger partial charge in [-0.05, 0) is 35.0 Å². The van der Waals surface area contributed by atoms with Gasteiger partial charge in [0, 0.05) is 19.8 Å². The standard InChI is InChI=1S/C13H16BrN5/c1-3-15-12-11(14)13(18-9-17-12)19(2)8-10-6-4-5-7-16-10/h4-7,9H,3,8H2,1-2H3,(H,15,17,18). The lowest BCUT2D eigenvalue weighted by atomic mass is 10.3. The average Bonchev–Trinajstić information content (AvgIpc) is 2.42. The van der Waals surface area contributed by atoms with Gasteiger partial charge in [-0.25, -0.2) is 9.97 Å². The zero-order chi connectivity index (χ0) is 13.7. The Kier molecular flexibility index (Phi) is 4.68. The maximum atomic E-state index is 4.32. The monoisotopic (exact) mass is 321 g/mol. The maximum absolute atomic E-state index is 4.32. The van der Waals surface area contributed by atoms with Crippen LogP contribution in [0, 0.1) is 0 Å². The molecule has 2 heterocycles. The Hall–Kier alpha value is -1.69. The van der Waals surface area contributed by atoms with Crippen molar-refractivity contribution < 1.29 is 0 Å². The van der Waals surface area contributed by atoms with Crippen molar-refractivity contribution >= 4 is 27.6 Å². The molecule has 2 rings (SSSR count). The van der Waals surface area contributed by atoms with Gasteiger partial charge in [0.25, 0.3) is 0 Å². The SMILES string of the molecule is CCNc1ncnc(N(C)Cc2ccccn2)c1Br. The Morgan fingerprint density at radius 1 is 1.26 bits per heavy atom. The number of rotatable bonds is 5. The highest BCUT2D eigenvalue weighted by molar-refractivity contribution is 9.10. The summed E-state index contributed by atoms with van der Waals surface area (Å²) >= 11 is 3.55. The number of hydrogen-bond donors (Lipinski definition) is 1. The zero-order valence-corrected chi connectivity index (χ0v) is 12.6. The highest BCUT2D eigenvalue weighted by Crippen LogP contribution is 2.29. The van der Waals surface area contributed by atoms with Crippen molar-refractivity contribution in [2.45, 2.75) is 13.5 Å². The van der Waals surface area contributed by atoms with Crippen molar-refractivity contribution in [1.82, 2.24) is 15.0 Å². The minimum Gasteiger partial charge on any atom is -0.369 e. The molecule has 19 heavy (non-hydrogen) atoms. The lowest BCUT2D eigenvalue weighted by Gasteiger charge is -2.20. The first kappa shape index (κ1) is 13.7. The van der Waals surface area contributed by atoms with E-state index in [-0.39, 0.29) is 0 Å². The Morgan fingerprint density at radius 3 is 2.79 bits per heavy atom. The third kappa shape index (κ3) is 3.41. The largest absolute Gasteiger partial charge is 0.369 e. The molecule has 0 bridgehead atoms. The van der Waals surface area contributed by atoms with Gasteiger partial charge in [0.15, 0.2) is 0 Å². The van der Waals surface area contributed by atoms with Crippen molar-refractivity contribution in [2.24, 2.45) is 0 Å². The summed E-state index contributed by atoms with van der Waals surface area (Å²) in [6, 6.07) is 5.89. The third-order valence-electron chi connectivity index (χ3n) is 2.60. The molecule has 0 aliphatic rings. The van der Waals surface area contributed by atoms with E-state index in [0.29, 0.717) is 6.54 Å². The molecule has 0 spiro atoms. The van der Waals surface area contributed by atoms with Crippen LogP contribution in [0.3, 0.4) is 0 Å². The normalized spacial score (nSPS) is 10.3. The molecular weight excluding hydrogens is 306 g/mol. The molecule has 0 fully saturated rings. The van der Waals surface area contributed by atoms with Crippen LogP contribution in [-0.2, 0) is 6.54 Å². The first-order valence-corrected chi connectivity index (χ1v) is 6.87. The molecule has 0 saturated heterocycles. The van der Waals surface area contributed by atoms with Crippen LogP contribution in [0.4, 0.5) is 11.6 Å². The molecule has 100 valence electrons. The number of hydrogen-bond acceptors (Lipinski definition) is 5. The minimum absolute atomic E-state index is 0.696. The molecule has 0 unspecified atom stereocenters. The number of aromatic nitrogens is 3. The van der Waals surface area contributed by atoms with Crippen LogP contribution in [0.5, 0.6) is 0 Å². The van der Waals surface area contributed by atoms with E-state index in [2.05, 4.69) is 36.2 Å². The average molecular weight is 322 g/mol. The number of nitrogens with zero attached hydrogens (tertiary/aromatic N) is 4. The second-order valence-electron chi connectivity index (χ2n) is 4.07. The summed E-state index contributed by atoms with van der Waals surface area (Å²) in [5.41, 5.74) is 1.00. The predicted octanol–water partition coefficient (Wildman–Crippen LogP) is 2.70. The Labute approximate surface area is 121 Å². The van der Waals surface area contributed by atoms with Gasteiger partial charge in [-0.1, -0.05) is 6.07 Å². The van der Waals surface area contributed by atoms with E-state index in [9.17, 15) is 0 Å². The Bertz CT molecular complexity index is 532. The molecule has 0 aliphatic heterocycles. The molecule has 0 aromatic carbocycles. The van der Waals surface area contributed by atoms with Crippen LogP contribution in [0.15, 0.2) is 35.2 Å². The van der Waals surface area contributed by atoms with E-state index in [1.807, 2.05) is 37.1 Å². The first-order valence-electron chi connectivity index (χ1n) is 6.07. The van der Waals surface area contributed by atoms with E-state index in [4.69, 9.17) is 0 Å². The fourth-order valence-corrected chi connectivity index (χ4v) is 2.37. The number of nitrogens with one attached hydrogen (secondary N) is 1. The summed E-state index contributed by atoms with van der Waals surface area (Å²) < 4.78 is 0.871. The summed E-state index contributed by atoms with van der Waals surface area (Å²) in [5, 5.41) is 3.19. The van der Waals surface area contributed by atoms with Crippen LogP contribution < -0.4 is 10.2 Å². The Balaban J connectivity index is 2.19. The number of anilines is 2. The van der Waals surface area contributed by atoms with Crippen molar-refractivity contribution in [3.8, 4) is 0 Å². The molecule has 1 N–H and O–H groups in total. The van der Waals surface area contributed by atoms with E-state index >= 15 is 0 Å². The van der Waals surface area contributed by atoms with Crippen LogP contribution in [-0.4, -0.2) is 28.5 Å². The van der Waals surface area contributed by atoms with E-state index < -0.39 is 0 Å². The highest BCUT2D eigenvalue weighted by atomic mass is 79.9. The molecule has 0 atom stereocenters. The van der Waals surface area contributed by atoms with Crippen molar-refractivity contribution in [3.63, 3.8) is 0 Å². The molecule has 0 saturated carbocycles. The van der Waals surface area contributed by atoms with Gasteiger partial charge in [0.05, 0.1) is 12.2 Å². The number of halogens is 1. The zero-order valence-electron chi connectivity index (χ0n) is 11.0. The molecule has 5 nitrogen and oxygen atoms in total. The molecule has 0 amide bonds. The van der Waals surface area contributed by atoms with Gasteiger partial charge in [-0.3, -0.25) is 4.98 Å². The molecule has 2 aromatic rings. The van der Waals surface area contributed by atoms with Crippen molar-refractivity contribution in [2.75, 3.05) is 23.8 Å². The third-order valence-corrected chi connectivity index (χ3v) is 3.33.